The van der Waals surface area contributed by atoms with Gasteiger partial charge in [0, 0.05) is 22.3 Å². The molecule has 0 spiro atoms. The van der Waals surface area contributed by atoms with Gasteiger partial charge in [-0.05, 0) is 96.1 Å². The summed E-state index contributed by atoms with van der Waals surface area (Å²) in [6.07, 6.45) is 0. The maximum atomic E-state index is 14.7. The Kier molecular flexibility index (Phi) is 7.98. The summed E-state index contributed by atoms with van der Waals surface area (Å²) in [7, 11) is -11.8. The summed E-state index contributed by atoms with van der Waals surface area (Å²) in [6.45, 7) is 0. The molecule has 0 fully saturated rings. The molecule has 0 bridgehead atoms. The van der Waals surface area contributed by atoms with Gasteiger partial charge in [-0.15, -0.1) is 0 Å². The maximum Gasteiger partial charge on any atom is 0.210 e. The SMILES string of the molecule is O=C1c2cc(-c3ccccc3N3c4ccccc4S(=O)(=O)c4ccccc43)ccc2S(=O)(=O)c2ccc(-c3ccccc3N3c4ccccc4S(=O)(=O)c4ccccc43)cc21. The van der Waals surface area contributed by atoms with Crippen molar-refractivity contribution in [1.82, 2.24) is 0 Å². The molecule has 0 N–H and O–H groups in total. The van der Waals surface area contributed by atoms with E-state index in [1.807, 2.05) is 58.3 Å². The van der Waals surface area contributed by atoms with Crippen LogP contribution in [0.4, 0.5) is 34.1 Å². The van der Waals surface area contributed by atoms with Crippen LogP contribution >= 0.6 is 0 Å². The topological polar surface area (TPSA) is 126 Å². The van der Waals surface area contributed by atoms with Gasteiger partial charge in [-0.3, -0.25) is 4.79 Å². The van der Waals surface area contributed by atoms with Crippen molar-refractivity contribution in [1.29, 1.82) is 0 Å². The van der Waals surface area contributed by atoms with Gasteiger partial charge in [-0.1, -0.05) is 97.1 Å². The zero-order valence-corrected chi connectivity index (χ0v) is 34.2. The molecule has 0 amide bonds. The lowest BCUT2D eigenvalue weighted by Gasteiger charge is -2.34. The average Bonchev–Trinajstić information content (AvgIpc) is 3.29. The largest absolute Gasteiger partial charge is 0.307 e. The highest BCUT2D eigenvalue weighted by atomic mass is 32.2. The Morgan fingerprint density at radius 3 is 0.902 bits per heavy atom. The van der Waals surface area contributed by atoms with Crippen molar-refractivity contribution in [2.75, 3.05) is 9.80 Å². The van der Waals surface area contributed by atoms with Gasteiger partial charge >= 0.3 is 0 Å². The summed E-state index contributed by atoms with van der Waals surface area (Å²) in [5.41, 5.74) is 5.56. The lowest BCUT2D eigenvalue weighted by Crippen LogP contribution is -2.23. The number of fused-ring (bicyclic) bond motifs is 6. The molecule has 61 heavy (non-hydrogen) atoms. The van der Waals surface area contributed by atoms with Crippen LogP contribution in [0.15, 0.2) is 211 Å². The van der Waals surface area contributed by atoms with Crippen molar-refractivity contribution in [2.45, 2.75) is 29.4 Å². The van der Waals surface area contributed by atoms with E-state index in [0.717, 1.165) is 0 Å². The molecule has 0 atom stereocenters. The molecule has 3 aliphatic heterocycles. The summed E-state index contributed by atoms with van der Waals surface area (Å²) in [4.78, 5) is 18.9. The smallest absolute Gasteiger partial charge is 0.210 e. The minimum atomic E-state index is -4.15. The second-order valence-electron chi connectivity index (χ2n) is 14.8. The second kappa shape index (κ2) is 13.2. The number of hydrogen-bond donors (Lipinski definition) is 0. The monoisotopic (exact) mass is 854 g/mol. The molecule has 0 saturated carbocycles. The van der Waals surface area contributed by atoms with E-state index in [0.29, 0.717) is 56.4 Å². The van der Waals surface area contributed by atoms with Crippen LogP contribution < -0.4 is 9.80 Å². The Morgan fingerprint density at radius 2 is 0.557 bits per heavy atom. The van der Waals surface area contributed by atoms with Crippen molar-refractivity contribution in [3.05, 3.63) is 193 Å². The Hall–Kier alpha value is -7.12. The summed E-state index contributed by atoms with van der Waals surface area (Å²) < 4.78 is 83.8. The molecule has 11 rings (SSSR count). The van der Waals surface area contributed by atoms with E-state index in [1.165, 1.54) is 12.1 Å². The quantitative estimate of drug-likeness (QED) is 0.170. The van der Waals surface area contributed by atoms with Gasteiger partial charge in [-0.25, -0.2) is 25.3 Å². The fraction of sp³-hybridized carbons (Fsp3) is 0. The van der Waals surface area contributed by atoms with Crippen LogP contribution in [-0.4, -0.2) is 31.0 Å². The van der Waals surface area contributed by atoms with Crippen molar-refractivity contribution in [2.24, 2.45) is 0 Å². The first-order chi connectivity index (χ1) is 29.5. The standard InChI is InChI=1S/C49H30N2O7S3/c52-49-35-29-31(33-13-1-3-15-37(33)50-39-17-5-9-21-45(39)60(55,56)46-22-10-6-18-40(46)50)25-27-43(35)59(53,54)44-28-26-32(30-36(44)49)34-14-2-4-16-38(34)51-41-19-7-11-23-47(41)61(57,58)48-24-12-8-20-42(48)51/h1-30H. The lowest BCUT2D eigenvalue weighted by molar-refractivity contribution is 0.103. The third-order valence-electron chi connectivity index (χ3n) is 11.5. The normalized spacial score (nSPS) is 16.0. The van der Waals surface area contributed by atoms with E-state index in [4.69, 9.17) is 0 Å². The highest BCUT2D eigenvalue weighted by Gasteiger charge is 2.39. The van der Waals surface area contributed by atoms with Gasteiger partial charge in [-0.2, -0.15) is 0 Å². The minimum absolute atomic E-state index is 0.0105. The van der Waals surface area contributed by atoms with Crippen LogP contribution in [0.5, 0.6) is 0 Å². The number of ketones is 1. The van der Waals surface area contributed by atoms with Crippen molar-refractivity contribution in [3.63, 3.8) is 0 Å². The Labute approximate surface area is 352 Å². The Balaban J connectivity index is 1.04. The number of anilines is 6. The first-order valence-electron chi connectivity index (χ1n) is 19.2. The van der Waals surface area contributed by atoms with Crippen LogP contribution in [0.25, 0.3) is 22.3 Å². The van der Waals surface area contributed by atoms with Gasteiger partial charge in [0.25, 0.3) is 0 Å². The number of rotatable bonds is 4. The molecule has 0 aliphatic carbocycles. The van der Waals surface area contributed by atoms with Crippen molar-refractivity contribution >= 4 is 69.4 Å². The summed E-state index contributed by atoms with van der Waals surface area (Å²) in [6, 6.07) is 51.4. The predicted molar refractivity (Wildman–Crippen MR) is 233 cm³/mol. The van der Waals surface area contributed by atoms with E-state index in [-0.39, 0.29) is 40.5 Å². The van der Waals surface area contributed by atoms with E-state index in [2.05, 4.69) is 0 Å². The summed E-state index contributed by atoms with van der Waals surface area (Å²) in [5.74, 6) is -0.474. The number of benzene rings is 8. The number of para-hydroxylation sites is 6. The molecule has 9 nitrogen and oxygen atoms in total. The van der Waals surface area contributed by atoms with E-state index >= 15 is 0 Å². The molecular formula is C49H30N2O7S3. The number of carbonyl (C=O) groups is 1. The molecule has 296 valence electrons. The van der Waals surface area contributed by atoms with E-state index in [9.17, 15) is 30.0 Å². The summed E-state index contributed by atoms with van der Waals surface area (Å²) >= 11 is 0. The zero-order chi connectivity index (χ0) is 41.8. The van der Waals surface area contributed by atoms with Crippen LogP contribution in [0.3, 0.4) is 0 Å². The molecule has 8 aromatic rings. The van der Waals surface area contributed by atoms with E-state index < -0.39 is 35.3 Å². The Morgan fingerprint density at radius 1 is 0.279 bits per heavy atom. The number of carbonyl (C=O) groups excluding carboxylic acids is 1. The molecule has 3 aliphatic rings. The second-order valence-corrected chi connectivity index (χ2v) is 20.5. The van der Waals surface area contributed by atoms with Crippen LogP contribution in [-0.2, 0) is 29.5 Å². The van der Waals surface area contributed by atoms with E-state index in [1.54, 1.807) is 121 Å². The molecule has 0 saturated heterocycles. The van der Waals surface area contributed by atoms with Gasteiger partial charge in [0.05, 0.1) is 63.5 Å². The van der Waals surface area contributed by atoms with Crippen molar-refractivity contribution in [3.8, 4) is 22.3 Å². The fourth-order valence-corrected chi connectivity index (χ4v) is 13.7. The lowest BCUT2D eigenvalue weighted by atomic mass is 9.93. The first kappa shape index (κ1) is 36.9. The van der Waals surface area contributed by atoms with Gasteiger partial charge < -0.3 is 9.80 Å². The Bertz CT molecular complexity index is 3250. The molecule has 8 aromatic carbocycles. The number of nitrogens with zero attached hydrogens (tertiary/aromatic N) is 2. The minimum Gasteiger partial charge on any atom is -0.307 e. The molecule has 0 radical (unpaired) electrons. The maximum absolute atomic E-state index is 14.7. The van der Waals surface area contributed by atoms with Crippen LogP contribution in [0.2, 0.25) is 0 Å². The third kappa shape index (κ3) is 5.29. The molecule has 3 heterocycles. The number of sulfone groups is 3. The van der Waals surface area contributed by atoms with Crippen molar-refractivity contribution < 1.29 is 30.0 Å². The van der Waals surface area contributed by atoms with Gasteiger partial charge in [0.1, 0.15) is 0 Å². The van der Waals surface area contributed by atoms with Gasteiger partial charge in [0.2, 0.25) is 29.5 Å². The zero-order valence-electron chi connectivity index (χ0n) is 31.8. The van der Waals surface area contributed by atoms with Crippen LogP contribution in [0, 0.1) is 0 Å². The fourth-order valence-electron chi connectivity index (χ4n) is 8.80. The highest BCUT2D eigenvalue weighted by molar-refractivity contribution is 7.92. The molecular weight excluding hydrogens is 825 g/mol. The highest BCUT2D eigenvalue weighted by Crippen LogP contribution is 2.52. The number of hydrogen-bond acceptors (Lipinski definition) is 9. The van der Waals surface area contributed by atoms with Crippen LogP contribution in [0.1, 0.15) is 15.9 Å². The molecule has 12 heteroatoms. The predicted octanol–water partition coefficient (Wildman–Crippen LogP) is 10.6. The first-order valence-corrected chi connectivity index (χ1v) is 23.7. The third-order valence-corrected chi connectivity index (χ3v) is 17.1. The average molecular weight is 855 g/mol. The molecule has 0 aromatic heterocycles. The van der Waals surface area contributed by atoms with Gasteiger partial charge in [0.15, 0.2) is 5.78 Å². The molecule has 0 unspecified atom stereocenters. The summed E-state index contributed by atoms with van der Waals surface area (Å²) in [5, 5.41) is 0.